The summed E-state index contributed by atoms with van der Waals surface area (Å²) in [5.41, 5.74) is -0.506. The molecule has 0 aliphatic carbocycles. The second-order valence-electron chi connectivity index (χ2n) is 8.14. The number of nitrogens with one attached hydrogen (secondary N) is 1. The Balaban J connectivity index is 1.85. The summed E-state index contributed by atoms with van der Waals surface area (Å²) in [5, 5.41) is 5.69. The highest BCUT2D eigenvalue weighted by molar-refractivity contribution is 7.98. The average molecular weight is 422 g/mol. The van der Waals surface area contributed by atoms with Crippen LogP contribution in [0.25, 0.3) is 10.8 Å². The molecule has 5 nitrogen and oxygen atoms in total. The quantitative estimate of drug-likeness (QED) is 0.524. The minimum Gasteiger partial charge on any atom is -0.444 e. The Hall–Kier alpha value is -1.66. The Morgan fingerprint density at radius 3 is 2.82 bits per heavy atom. The number of benzene rings is 1. The summed E-state index contributed by atoms with van der Waals surface area (Å²) in [6, 6.07) is 8.29. The molecule has 3 rings (SSSR count). The first kappa shape index (κ1) is 21.1. The zero-order chi connectivity index (χ0) is 20.3. The highest BCUT2D eigenvalue weighted by Gasteiger charge is 2.24. The van der Waals surface area contributed by atoms with Crippen LogP contribution in [0.3, 0.4) is 0 Å². The topological polar surface area (TPSA) is 54.5 Å². The summed E-state index contributed by atoms with van der Waals surface area (Å²) in [7, 11) is 0. The Morgan fingerprint density at radius 2 is 2.11 bits per heavy atom. The predicted molar refractivity (Wildman–Crippen MR) is 118 cm³/mol. The zero-order valence-electron chi connectivity index (χ0n) is 16.9. The summed E-state index contributed by atoms with van der Waals surface area (Å²) < 4.78 is 5.43. The Bertz CT molecular complexity index is 853. The number of aromatic nitrogens is 1. The molecule has 28 heavy (non-hydrogen) atoms. The maximum atomic E-state index is 12.2. The maximum Gasteiger partial charge on any atom is 0.407 e. The normalized spacial score (nSPS) is 18.0. The number of ether oxygens (including phenoxy) is 1. The van der Waals surface area contributed by atoms with Crippen LogP contribution in [0.2, 0.25) is 5.15 Å². The van der Waals surface area contributed by atoms with E-state index in [9.17, 15) is 4.79 Å². The van der Waals surface area contributed by atoms with Gasteiger partial charge in [0.1, 0.15) is 16.6 Å². The molecule has 1 aliphatic rings. The van der Waals surface area contributed by atoms with Gasteiger partial charge in [0.2, 0.25) is 0 Å². The molecule has 1 aromatic heterocycles. The molecule has 0 radical (unpaired) electrons. The van der Waals surface area contributed by atoms with Gasteiger partial charge in [-0.05, 0) is 75.9 Å². The molecule has 1 aliphatic heterocycles. The zero-order valence-corrected chi connectivity index (χ0v) is 18.5. The fourth-order valence-electron chi connectivity index (χ4n) is 3.48. The van der Waals surface area contributed by atoms with Gasteiger partial charge in [-0.15, -0.1) is 11.8 Å². The molecule has 1 fully saturated rings. The average Bonchev–Trinajstić information content (AvgIpc) is 2.84. The van der Waals surface area contributed by atoms with E-state index in [-0.39, 0.29) is 12.1 Å². The molecule has 1 aromatic carbocycles. The van der Waals surface area contributed by atoms with Crippen molar-refractivity contribution in [3.05, 3.63) is 29.4 Å². The summed E-state index contributed by atoms with van der Waals surface area (Å²) in [6.45, 7) is 7.19. The molecule has 0 spiro atoms. The first-order valence-electron chi connectivity index (χ1n) is 9.64. The molecule has 0 unspecified atom stereocenters. The number of anilines is 1. The van der Waals surface area contributed by atoms with E-state index in [0.29, 0.717) is 11.7 Å². The lowest BCUT2D eigenvalue weighted by atomic mass is 10.1. The van der Waals surface area contributed by atoms with E-state index >= 15 is 0 Å². The molecule has 152 valence electrons. The van der Waals surface area contributed by atoms with Crippen molar-refractivity contribution < 1.29 is 9.53 Å². The smallest absolute Gasteiger partial charge is 0.407 e. The van der Waals surface area contributed by atoms with Crippen LogP contribution in [0.15, 0.2) is 29.2 Å². The van der Waals surface area contributed by atoms with Crippen molar-refractivity contribution in [1.82, 2.24) is 10.3 Å². The van der Waals surface area contributed by atoms with E-state index < -0.39 is 5.60 Å². The maximum absolute atomic E-state index is 12.2. The van der Waals surface area contributed by atoms with E-state index in [0.717, 1.165) is 42.4 Å². The van der Waals surface area contributed by atoms with Crippen molar-refractivity contribution in [1.29, 1.82) is 0 Å². The Morgan fingerprint density at radius 1 is 1.32 bits per heavy atom. The van der Waals surface area contributed by atoms with E-state index in [4.69, 9.17) is 16.3 Å². The van der Waals surface area contributed by atoms with Crippen LogP contribution in [-0.2, 0) is 4.74 Å². The molecule has 1 saturated heterocycles. The van der Waals surface area contributed by atoms with E-state index in [2.05, 4.69) is 39.7 Å². The van der Waals surface area contributed by atoms with Gasteiger partial charge in [0.15, 0.2) is 0 Å². The van der Waals surface area contributed by atoms with Gasteiger partial charge in [-0.25, -0.2) is 9.78 Å². The number of halogens is 1. The van der Waals surface area contributed by atoms with E-state index in [1.54, 1.807) is 11.8 Å². The van der Waals surface area contributed by atoms with Crippen molar-refractivity contribution in [2.24, 2.45) is 0 Å². The molecular weight excluding hydrogens is 394 g/mol. The SMILES string of the molecule is CSc1ccc2c(N3CCCC[C@H](NC(=O)OC(C)(C)C)C3)nc(Cl)cc2c1. The minimum atomic E-state index is -0.506. The molecule has 1 atom stereocenters. The number of hydrogen-bond donors (Lipinski definition) is 1. The van der Waals surface area contributed by atoms with Gasteiger partial charge in [-0.2, -0.15) is 0 Å². The molecule has 1 amide bonds. The third-order valence-corrected chi connectivity index (χ3v) is 5.60. The number of carbonyl (C=O) groups excluding carboxylic acids is 1. The summed E-state index contributed by atoms with van der Waals surface area (Å²) in [6.07, 6.45) is 4.71. The number of pyridine rings is 1. The first-order chi connectivity index (χ1) is 13.2. The van der Waals surface area contributed by atoms with Gasteiger partial charge in [0.25, 0.3) is 0 Å². The molecule has 0 bridgehead atoms. The van der Waals surface area contributed by atoms with Crippen molar-refractivity contribution in [3.63, 3.8) is 0 Å². The van der Waals surface area contributed by atoms with Gasteiger partial charge in [-0.1, -0.05) is 11.6 Å². The van der Waals surface area contributed by atoms with E-state index in [1.165, 1.54) is 4.90 Å². The lowest BCUT2D eigenvalue weighted by molar-refractivity contribution is 0.0504. The van der Waals surface area contributed by atoms with Gasteiger partial charge >= 0.3 is 6.09 Å². The van der Waals surface area contributed by atoms with Crippen LogP contribution in [-0.4, -0.2) is 42.1 Å². The lowest BCUT2D eigenvalue weighted by Gasteiger charge is -2.28. The van der Waals surface area contributed by atoms with Crippen LogP contribution in [0.1, 0.15) is 40.0 Å². The van der Waals surface area contributed by atoms with Crippen LogP contribution in [0.5, 0.6) is 0 Å². The largest absolute Gasteiger partial charge is 0.444 e. The molecule has 7 heteroatoms. The van der Waals surface area contributed by atoms with Gasteiger partial charge in [-0.3, -0.25) is 0 Å². The van der Waals surface area contributed by atoms with Crippen LogP contribution < -0.4 is 10.2 Å². The fraction of sp³-hybridized carbons (Fsp3) is 0.524. The molecule has 1 N–H and O–H groups in total. The van der Waals surface area contributed by atoms with E-state index in [1.807, 2.05) is 26.8 Å². The van der Waals surface area contributed by atoms with Crippen LogP contribution >= 0.6 is 23.4 Å². The third-order valence-electron chi connectivity index (χ3n) is 4.68. The second kappa shape index (κ2) is 8.78. The monoisotopic (exact) mass is 421 g/mol. The summed E-state index contributed by atoms with van der Waals surface area (Å²) >= 11 is 8.05. The highest BCUT2D eigenvalue weighted by atomic mass is 35.5. The Labute approximate surface area is 176 Å². The van der Waals surface area contributed by atoms with Crippen molar-refractivity contribution in [3.8, 4) is 0 Å². The molecule has 2 aromatic rings. The molecule has 0 saturated carbocycles. The fourth-order valence-corrected chi connectivity index (χ4v) is 4.13. The van der Waals surface area contributed by atoms with Crippen molar-refractivity contribution >= 4 is 46.0 Å². The Kier molecular flexibility index (Phi) is 6.61. The third kappa shape index (κ3) is 5.45. The first-order valence-corrected chi connectivity index (χ1v) is 11.2. The molecular formula is C21H28ClN3O2S. The number of hydrogen-bond acceptors (Lipinski definition) is 5. The second-order valence-corrected chi connectivity index (χ2v) is 9.41. The number of fused-ring (bicyclic) bond motifs is 1. The van der Waals surface area contributed by atoms with Crippen LogP contribution in [0.4, 0.5) is 10.6 Å². The summed E-state index contributed by atoms with van der Waals surface area (Å²) in [4.78, 5) is 20.3. The number of alkyl carbamates (subject to hydrolysis) is 1. The van der Waals surface area contributed by atoms with Crippen molar-refractivity contribution in [2.45, 2.75) is 56.6 Å². The predicted octanol–water partition coefficient (Wildman–Crippen LogP) is 5.49. The number of thioether (sulfide) groups is 1. The standard InChI is InChI=1S/C21H28ClN3O2S/c1-21(2,3)27-20(26)23-15-7-5-6-10-25(13-15)19-17-9-8-16(28-4)11-14(17)12-18(22)24-19/h8-9,11-12,15H,5-7,10,13H2,1-4H3,(H,23,26)/t15-/m0/s1. The number of carbonyl (C=O) groups is 1. The minimum absolute atomic E-state index is 0.0126. The van der Waals surface area contributed by atoms with Gasteiger partial charge in [0.05, 0.1) is 0 Å². The summed E-state index contributed by atoms with van der Waals surface area (Å²) in [5.74, 6) is 0.882. The van der Waals surface area contributed by atoms with Gasteiger partial charge < -0.3 is 15.0 Å². The number of rotatable bonds is 3. The molecule has 2 heterocycles. The van der Waals surface area contributed by atoms with Crippen molar-refractivity contribution in [2.75, 3.05) is 24.2 Å². The number of amides is 1. The van der Waals surface area contributed by atoms with Crippen LogP contribution in [0, 0.1) is 0 Å². The highest BCUT2D eigenvalue weighted by Crippen LogP contribution is 2.32. The van der Waals surface area contributed by atoms with Gasteiger partial charge in [0, 0.05) is 29.4 Å². The lowest BCUT2D eigenvalue weighted by Crippen LogP contribution is -2.45. The number of nitrogens with zero attached hydrogens (tertiary/aromatic N) is 2.